The Morgan fingerprint density at radius 1 is 1.12 bits per heavy atom. The lowest BCUT2D eigenvalue weighted by molar-refractivity contribution is -0.114. The number of benzene rings is 2. The Morgan fingerprint density at radius 2 is 1.77 bits per heavy atom. The van der Waals surface area contributed by atoms with Crippen molar-refractivity contribution in [3.8, 4) is 0 Å². The van der Waals surface area contributed by atoms with Crippen LogP contribution < -0.4 is 4.90 Å². The molecule has 0 saturated carbocycles. The number of carbonyl (C=O) groups is 1. The van der Waals surface area contributed by atoms with E-state index in [0.717, 1.165) is 6.26 Å². The van der Waals surface area contributed by atoms with Crippen molar-refractivity contribution in [2.24, 2.45) is 0 Å². The highest BCUT2D eigenvalue weighted by Crippen LogP contribution is 2.28. The maximum atomic E-state index is 13.5. The van der Waals surface area contributed by atoms with Crippen LogP contribution in [0.5, 0.6) is 0 Å². The highest BCUT2D eigenvalue weighted by molar-refractivity contribution is 7.90. The Hall–Kier alpha value is -2.58. The second-order valence-electron chi connectivity index (χ2n) is 5.83. The molecule has 1 aliphatic rings. The molecule has 1 amide bonds. The standard InChI is InChI=1S/C18H15FN2O3S2/c1-20-16(10-12-6-8-15(9-7-12)26(2,23)24)17(22)21(18(20)25)14-5-3-4-13(19)11-14/h3-11H,1-2H3/b16-10+. The minimum absolute atomic E-state index is 0.197. The first-order chi connectivity index (χ1) is 12.2. The number of rotatable bonds is 3. The second kappa shape index (κ2) is 6.62. The quantitative estimate of drug-likeness (QED) is 0.596. The van der Waals surface area contributed by atoms with E-state index in [4.69, 9.17) is 12.2 Å². The summed E-state index contributed by atoms with van der Waals surface area (Å²) in [4.78, 5) is 15.8. The Bertz CT molecular complexity index is 1030. The normalized spacial score (nSPS) is 16.7. The fourth-order valence-electron chi connectivity index (χ4n) is 2.57. The third-order valence-corrected chi connectivity index (χ3v) is 5.52. The number of thiocarbonyl (C=S) groups is 1. The molecule has 0 aliphatic carbocycles. The highest BCUT2D eigenvalue weighted by atomic mass is 32.2. The SMILES string of the molecule is CN1C(=S)N(c2cccc(F)c2)C(=O)/C1=C\c1ccc(S(C)(=O)=O)cc1. The molecule has 5 nitrogen and oxygen atoms in total. The number of halogens is 1. The van der Waals surface area contributed by atoms with E-state index in [1.165, 1.54) is 40.1 Å². The molecule has 2 aromatic rings. The zero-order valence-corrected chi connectivity index (χ0v) is 15.6. The Kier molecular flexibility index (Phi) is 4.64. The number of carbonyl (C=O) groups excluding carboxylic acids is 1. The van der Waals surface area contributed by atoms with Gasteiger partial charge in [-0.2, -0.15) is 0 Å². The van der Waals surface area contributed by atoms with E-state index in [1.807, 2.05) is 0 Å². The molecular formula is C18H15FN2O3S2. The average molecular weight is 390 g/mol. The van der Waals surface area contributed by atoms with Gasteiger partial charge in [-0.15, -0.1) is 0 Å². The molecule has 1 fully saturated rings. The molecule has 0 bridgehead atoms. The van der Waals surface area contributed by atoms with Crippen molar-refractivity contribution in [3.05, 3.63) is 65.6 Å². The third-order valence-electron chi connectivity index (χ3n) is 3.94. The van der Waals surface area contributed by atoms with Crippen molar-refractivity contribution in [1.29, 1.82) is 0 Å². The number of hydrogen-bond acceptors (Lipinski definition) is 4. The molecule has 1 saturated heterocycles. The smallest absolute Gasteiger partial charge is 0.281 e. The van der Waals surface area contributed by atoms with E-state index >= 15 is 0 Å². The summed E-state index contributed by atoms with van der Waals surface area (Å²) in [7, 11) is -1.64. The van der Waals surface area contributed by atoms with Crippen LogP contribution in [-0.2, 0) is 14.6 Å². The fourth-order valence-corrected chi connectivity index (χ4v) is 3.49. The first kappa shape index (κ1) is 18.2. The number of hydrogen-bond donors (Lipinski definition) is 0. The van der Waals surface area contributed by atoms with Crippen LogP contribution in [0.25, 0.3) is 6.08 Å². The highest BCUT2D eigenvalue weighted by Gasteiger charge is 2.36. The van der Waals surface area contributed by atoms with Gasteiger partial charge in [0.1, 0.15) is 11.5 Å². The van der Waals surface area contributed by atoms with Gasteiger partial charge in [-0.1, -0.05) is 18.2 Å². The summed E-state index contributed by atoms with van der Waals surface area (Å²) in [6, 6.07) is 11.8. The zero-order valence-electron chi connectivity index (χ0n) is 14.0. The van der Waals surface area contributed by atoms with Gasteiger partial charge < -0.3 is 4.90 Å². The second-order valence-corrected chi connectivity index (χ2v) is 8.21. The lowest BCUT2D eigenvalue weighted by Crippen LogP contribution is -2.31. The summed E-state index contributed by atoms with van der Waals surface area (Å²) in [6.07, 6.45) is 2.74. The number of nitrogens with zero attached hydrogens (tertiary/aromatic N) is 2. The van der Waals surface area contributed by atoms with Gasteiger partial charge in [0.2, 0.25) is 0 Å². The van der Waals surface area contributed by atoms with E-state index in [9.17, 15) is 17.6 Å². The van der Waals surface area contributed by atoms with Crippen LogP contribution in [0.4, 0.5) is 10.1 Å². The van der Waals surface area contributed by atoms with Gasteiger partial charge in [0.25, 0.3) is 5.91 Å². The van der Waals surface area contributed by atoms with Crippen molar-refractivity contribution in [3.63, 3.8) is 0 Å². The van der Waals surface area contributed by atoms with Gasteiger partial charge in [-0.05, 0) is 54.2 Å². The van der Waals surface area contributed by atoms with Crippen LogP contribution in [0.15, 0.2) is 59.1 Å². The van der Waals surface area contributed by atoms with Crippen LogP contribution in [0.3, 0.4) is 0 Å². The largest absolute Gasteiger partial charge is 0.317 e. The first-order valence-electron chi connectivity index (χ1n) is 7.58. The summed E-state index contributed by atoms with van der Waals surface area (Å²) >= 11 is 5.32. The lowest BCUT2D eigenvalue weighted by Gasteiger charge is -2.16. The summed E-state index contributed by atoms with van der Waals surface area (Å²) in [5.74, 6) is -0.843. The van der Waals surface area contributed by atoms with Crippen molar-refractivity contribution >= 4 is 44.8 Å². The molecule has 134 valence electrons. The van der Waals surface area contributed by atoms with Gasteiger partial charge in [0, 0.05) is 13.3 Å². The predicted octanol–water partition coefficient (Wildman–Crippen LogP) is 2.83. The van der Waals surface area contributed by atoms with E-state index in [-0.39, 0.29) is 15.9 Å². The molecule has 0 N–H and O–H groups in total. The molecule has 0 aromatic heterocycles. The number of sulfone groups is 1. The maximum Gasteiger partial charge on any atom is 0.281 e. The molecule has 2 aromatic carbocycles. The van der Waals surface area contributed by atoms with E-state index in [2.05, 4.69) is 0 Å². The topological polar surface area (TPSA) is 57.7 Å². The van der Waals surface area contributed by atoms with Crippen LogP contribution in [0.2, 0.25) is 0 Å². The molecule has 26 heavy (non-hydrogen) atoms. The van der Waals surface area contributed by atoms with Crippen molar-refractivity contribution in [2.75, 3.05) is 18.2 Å². The Morgan fingerprint density at radius 3 is 2.35 bits per heavy atom. The van der Waals surface area contributed by atoms with Gasteiger partial charge in [0.15, 0.2) is 14.9 Å². The van der Waals surface area contributed by atoms with E-state index < -0.39 is 15.7 Å². The minimum Gasteiger partial charge on any atom is -0.317 e. The predicted molar refractivity (Wildman–Crippen MR) is 102 cm³/mol. The monoisotopic (exact) mass is 390 g/mol. The molecule has 0 atom stereocenters. The molecule has 0 spiro atoms. The van der Waals surface area contributed by atoms with Gasteiger partial charge in [0.05, 0.1) is 10.6 Å². The summed E-state index contributed by atoms with van der Waals surface area (Å²) in [5, 5.41) is 0.236. The van der Waals surface area contributed by atoms with Crippen molar-refractivity contribution in [1.82, 2.24) is 4.90 Å². The number of likely N-dealkylation sites (N-methyl/N-ethyl adjacent to an activating group) is 1. The van der Waals surface area contributed by atoms with Crippen molar-refractivity contribution < 1.29 is 17.6 Å². The first-order valence-corrected chi connectivity index (χ1v) is 9.88. The Balaban J connectivity index is 1.97. The minimum atomic E-state index is -3.29. The van der Waals surface area contributed by atoms with Gasteiger partial charge in [-0.25, -0.2) is 12.8 Å². The number of amides is 1. The van der Waals surface area contributed by atoms with Gasteiger partial charge >= 0.3 is 0 Å². The Labute approximate surface area is 156 Å². The zero-order chi connectivity index (χ0) is 19.1. The molecule has 1 aliphatic heterocycles. The van der Waals surface area contributed by atoms with Crippen LogP contribution in [0, 0.1) is 5.82 Å². The van der Waals surface area contributed by atoms with Crippen LogP contribution in [-0.4, -0.2) is 37.6 Å². The van der Waals surface area contributed by atoms with E-state index in [0.29, 0.717) is 16.9 Å². The van der Waals surface area contributed by atoms with Crippen LogP contribution >= 0.6 is 12.2 Å². The average Bonchev–Trinajstić information content (AvgIpc) is 2.78. The molecule has 3 rings (SSSR count). The third kappa shape index (κ3) is 3.38. The summed E-state index contributed by atoms with van der Waals surface area (Å²) in [5.41, 5.74) is 1.31. The maximum absolute atomic E-state index is 13.5. The lowest BCUT2D eigenvalue weighted by atomic mass is 10.2. The molecule has 0 radical (unpaired) electrons. The molecule has 0 unspecified atom stereocenters. The number of anilines is 1. The molecular weight excluding hydrogens is 375 g/mol. The van der Waals surface area contributed by atoms with E-state index in [1.54, 1.807) is 31.3 Å². The summed E-state index contributed by atoms with van der Waals surface area (Å²) in [6.45, 7) is 0. The van der Waals surface area contributed by atoms with Crippen LogP contribution in [0.1, 0.15) is 5.56 Å². The molecule has 1 heterocycles. The van der Waals surface area contributed by atoms with Gasteiger partial charge in [-0.3, -0.25) is 9.69 Å². The summed E-state index contributed by atoms with van der Waals surface area (Å²) < 4.78 is 36.6. The van der Waals surface area contributed by atoms with Crippen molar-refractivity contribution in [2.45, 2.75) is 4.90 Å². The molecule has 8 heteroatoms. The fraction of sp³-hybridized carbons (Fsp3) is 0.111.